The Hall–Kier alpha value is -0.910. The highest BCUT2D eigenvalue weighted by Gasteiger charge is 2.26. The number of ether oxygens (including phenoxy) is 1. The Labute approximate surface area is 141 Å². The number of carbonyl (C=O) groups is 1. The molecule has 1 heterocycles. The molecule has 1 fully saturated rings. The lowest BCUT2D eigenvalue weighted by Gasteiger charge is -2.21. The fraction of sp³-hybridized carbons (Fsp3) is 0.562. The van der Waals surface area contributed by atoms with E-state index in [-0.39, 0.29) is 12.1 Å². The Morgan fingerprint density at radius 3 is 3.09 bits per heavy atom. The number of hydrogen-bond donors (Lipinski definition) is 1. The monoisotopic (exact) mass is 342 g/mol. The SMILES string of the molecule is CO[C@@H](CNC(=O)N1CC[C@H](CSC)C1)c1cccc(Cl)c1. The quantitative estimate of drug-likeness (QED) is 0.861. The van der Waals surface area contributed by atoms with E-state index in [9.17, 15) is 4.79 Å². The summed E-state index contributed by atoms with van der Waals surface area (Å²) in [6, 6.07) is 7.53. The van der Waals surface area contributed by atoms with E-state index in [0.29, 0.717) is 17.5 Å². The predicted octanol–water partition coefficient (Wildman–Crippen LogP) is 3.42. The molecule has 1 aromatic carbocycles. The minimum absolute atomic E-state index is 0.00678. The number of halogens is 1. The summed E-state index contributed by atoms with van der Waals surface area (Å²) in [5, 5.41) is 3.64. The summed E-state index contributed by atoms with van der Waals surface area (Å²) in [7, 11) is 1.64. The topological polar surface area (TPSA) is 41.6 Å². The van der Waals surface area contributed by atoms with E-state index < -0.39 is 0 Å². The van der Waals surface area contributed by atoms with Crippen LogP contribution in [0.4, 0.5) is 4.79 Å². The van der Waals surface area contributed by atoms with Crippen molar-refractivity contribution in [2.45, 2.75) is 12.5 Å². The van der Waals surface area contributed by atoms with Crippen LogP contribution in [0.5, 0.6) is 0 Å². The Kier molecular flexibility index (Phi) is 6.86. The first-order valence-electron chi connectivity index (χ1n) is 7.44. The van der Waals surface area contributed by atoms with Crippen molar-refractivity contribution in [2.75, 3.05) is 38.8 Å². The maximum Gasteiger partial charge on any atom is 0.317 e. The van der Waals surface area contributed by atoms with Gasteiger partial charge < -0.3 is 15.0 Å². The number of benzene rings is 1. The Morgan fingerprint density at radius 2 is 2.41 bits per heavy atom. The molecule has 0 spiro atoms. The predicted molar refractivity (Wildman–Crippen MR) is 92.7 cm³/mol. The van der Waals surface area contributed by atoms with E-state index in [1.165, 1.54) is 0 Å². The molecular formula is C16H23ClN2O2S. The number of likely N-dealkylation sites (tertiary alicyclic amines) is 1. The normalized spacial score (nSPS) is 19.2. The van der Waals surface area contributed by atoms with Crippen molar-refractivity contribution in [3.05, 3.63) is 34.9 Å². The van der Waals surface area contributed by atoms with Gasteiger partial charge in [0.2, 0.25) is 0 Å². The van der Waals surface area contributed by atoms with Crippen LogP contribution < -0.4 is 5.32 Å². The molecule has 6 heteroatoms. The number of rotatable bonds is 6. The molecular weight excluding hydrogens is 320 g/mol. The molecule has 2 atom stereocenters. The van der Waals surface area contributed by atoms with E-state index in [1.54, 1.807) is 7.11 Å². The van der Waals surface area contributed by atoms with Crippen LogP contribution in [0, 0.1) is 5.92 Å². The summed E-state index contributed by atoms with van der Waals surface area (Å²) in [4.78, 5) is 14.1. The molecule has 0 aliphatic carbocycles. The van der Waals surface area contributed by atoms with Crippen LogP contribution in [-0.2, 0) is 4.74 Å². The van der Waals surface area contributed by atoms with Gasteiger partial charge in [-0.05, 0) is 42.0 Å². The molecule has 22 heavy (non-hydrogen) atoms. The first-order valence-corrected chi connectivity index (χ1v) is 9.21. The molecule has 1 saturated heterocycles. The van der Waals surface area contributed by atoms with Crippen LogP contribution in [0.2, 0.25) is 5.02 Å². The molecule has 1 aliphatic heterocycles. The van der Waals surface area contributed by atoms with E-state index in [2.05, 4.69) is 11.6 Å². The Morgan fingerprint density at radius 1 is 1.59 bits per heavy atom. The number of nitrogens with zero attached hydrogens (tertiary/aromatic N) is 1. The van der Waals surface area contributed by atoms with Crippen LogP contribution in [0.25, 0.3) is 0 Å². The standard InChI is InChI=1S/C16H23ClN2O2S/c1-21-15(13-4-3-5-14(17)8-13)9-18-16(20)19-7-6-12(10-19)11-22-2/h3-5,8,12,15H,6-7,9-11H2,1-2H3,(H,18,20)/t12-,15-/m0/s1. The van der Waals surface area contributed by atoms with E-state index in [4.69, 9.17) is 16.3 Å². The number of urea groups is 1. The molecule has 0 unspecified atom stereocenters. The Bertz CT molecular complexity index is 501. The van der Waals surface area contributed by atoms with Gasteiger partial charge in [-0.1, -0.05) is 23.7 Å². The van der Waals surface area contributed by atoms with Crippen LogP contribution in [0.15, 0.2) is 24.3 Å². The van der Waals surface area contributed by atoms with E-state index in [0.717, 1.165) is 30.8 Å². The van der Waals surface area contributed by atoms with Gasteiger partial charge in [0.1, 0.15) is 0 Å². The molecule has 0 aromatic heterocycles. The lowest BCUT2D eigenvalue weighted by Crippen LogP contribution is -2.40. The van der Waals surface area contributed by atoms with E-state index in [1.807, 2.05) is 40.9 Å². The minimum atomic E-state index is -0.188. The van der Waals surface area contributed by atoms with Crippen LogP contribution in [0.1, 0.15) is 18.1 Å². The molecule has 0 saturated carbocycles. The zero-order valence-corrected chi connectivity index (χ0v) is 14.6. The molecule has 122 valence electrons. The number of methoxy groups -OCH3 is 1. The second kappa shape index (κ2) is 8.65. The smallest absolute Gasteiger partial charge is 0.317 e. The van der Waals surface area contributed by atoms with Crippen molar-refractivity contribution in [3.63, 3.8) is 0 Å². The van der Waals surface area contributed by atoms with Crippen molar-refractivity contribution in [2.24, 2.45) is 5.92 Å². The third-order valence-electron chi connectivity index (χ3n) is 3.92. The summed E-state index contributed by atoms with van der Waals surface area (Å²) in [6.45, 7) is 2.13. The average Bonchev–Trinajstić information content (AvgIpc) is 2.97. The summed E-state index contributed by atoms with van der Waals surface area (Å²) in [5.74, 6) is 1.74. The van der Waals surface area contributed by atoms with Gasteiger partial charge in [-0.2, -0.15) is 11.8 Å². The fourth-order valence-electron chi connectivity index (χ4n) is 2.72. The Balaban J connectivity index is 1.84. The second-order valence-corrected chi connectivity index (χ2v) is 6.87. The van der Waals surface area contributed by atoms with Gasteiger partial charge in [0.15, 0.2) is 0 Å². The van der Waals surface area contributed by atoms with Crippen LogP contribution >= 0.6 is 23.4 Å². The van der Waals surface area contributed by atoms with Gasteiger partial charge in [0.25, 0.3) is 0 Å². The van der Waals surface area contributed by atoms with Gasteiger partial charge in [0, 0.05) is 31.8 Å². The molecule has 2 amide bonds. The number of thioether (sulfide) groups is 1. The maximum absolute atomic E-state index is 12.2. The summed E-state index contributed by atoms with van der Waals surface area (Å²) >= 11 is 7.85. The number of nitrogens with one attached hydrogen (secondary N) is 1. The van der Waals surface area contributed by atoms with Gasteiger partial charge in [-0.25, -0.2) is 4.79 Å². The third kappa shape index (κ3) is 4.80. The van der Waals surface area contributed by atoms with Crippen LogP contribution in [-0.4, -0.2) is 49.7 Å². The lowest BCUT2D eigenvalue weighted by molar-refractivity contribution is 0.102. The zero-order chi connectivity index (χ0) is 15.9. The summed E-state index contributed by atoms with van der Waals surface area (Å²) < 4.78 is 5.47. The van der Waals surface area contributed by atoms with Gasteiger partial charge in [-0.3, -0.25) is 0 Å². The molecule has 1 aliphatic rings. The van der Waals surface area contributed by atoms with E-state index >= 15 is 0 Å². The average molecular weight is 343 g/mol. The highest BCUT2D eigenvalue weighted by atomic mass is 35.5. The van der Waals surface area contributed by atoms with Gasteiger partial charge >= 0.3 is 6.03 Å². The second-order valence-electron chi connectivity index (χ2n) is 5.52. The minimum Gasteiger partial charge on any atom is -0.375 e. The molecule has 1 aromatic rings. The molecule has 0 radical (unpaired) electrons. The van der Waals surface area contributed by atoms with Gasteiger partial charge in [-0.15, -0.1) is 0 Å². The first-order chi connectivity index (χ1) is 10.6. The van der Waals surface area contributed by atoms with Crippen LogP contribution in [0.3, 0.4) is 0 Å². The number of amides is 2. The fourth-order valence-corrected chi connectivity index (χ4v) is 3.67. The third-order valence-corrected chi connectivity index (χ3v) is 4.96. The number of hydrogen-bond acceptors (Lipinski definition) is 3. The van der Waals surface area contributed by atoms with Crippen molar-refractivity contribution >= 4 is 29.4 Å². The number of carbonyl (C=O) groups excluding carboxylic acids is 1. The maximum atomic E-state index is 12.2. The zero-order valence-electron chi connectivity index (χ0n) is 13.0. The van der Waals surface area contributed by atoms with Crippen molar-refractivity contribution in [1.82, 2.24) is 10.2 Å². The summed E-state index contributed by atoms with van der Waals surface area (Å²) in [6.07, 6.45) is 3.01. The van der Waals surface area contributed by atoms with Crippen molar-refractivity contribution in [1.29, 1.82) is 0 Å². The van der Waals surface area contributed by atoms with Gasteiger partial charge in [0.05, 0.1) is 6.10 Å². The molecule has 2 rings (SSSR count). The van der Waals surface area contributed by atoms with Crippen molar-refractivity contribution in [3.8, 4) is 0 Å². The highest BCUT2D eigenvalue weighted by Crippen LogP contribution is 2.21. The summed E-state index contributed by atoms with van der Waals surface area (Å²) in [5.41, 5.74) is 0.969. The largest absolute Gasteiger partial charge is 0.375 e. The first kappa shape index (κ1) is 17.4. The lowest BCUT2D eigenvalue weighted by atomic mass is 10.1. The molecule has 0 bridgehead atoms. The molecule has 4 nitrogen and oxygen atoms in total. The van der Waals surface area contributed by atoms with Crippen molar-refractivity contribution < 1.29 is 9.53 Å². The molecule has 1 N–H and O–H groups in total. The highest BCUT2D eigenvalue weighted by molar-refractivity contribution is 7.98.